The van der Waals surface area contributed by atoms with Gasteiger partial charge in [0.15, 0.2) is 0 Å². The third-order valence-electron chi connectivity index (χ3n) is 4.09. The molecule has 0 spiro atoms. The van der Waals surface area contributed by atoms with Crippen LogP contribution in [0.2, 0.25) is 5.15 Å². The second kappa shape index (κ2) is 8.22. The molecule has 0 aliphatic rings. The molecule has 3 rings (SSSR count). The Labute approximate surface area is 166 Å². The van der Waals surface area contributed by atoms with Crippen LogP contribution < -0.4 is 15.4 Å². The normalized spacial score (nSPS) is 10.5. The van der Waals surface area contributed by atoms with E-state index in [9.17, 15) is 9.18 Å². The molecule has 1 amide bonds. The quantitative estimate of drug-likeness (QED) is 0.596. The summed E-state index contributed by atoms with van der Waals surface area (Å²) in [6, 6.07) is 9.24. The lowest BCUT2D eigenvalue weighted by Crippen LogP contribution is -2.15. The van der Waals surface area contributed by atoms with E-state index in [2.05, 4.69) is 20.6 Å². The van der Waals surface area contributed by atoms with Gasteiger partial charge in [-0.1, -0.05) is 11.6 Å². The Morgan fingerprint density at radius 3 is 2.54 bits per heavy atom. The Bertz CT molecular complexity index is 1040. The number of nitrogens with one attached hydrogen (secondary N) is 2. The second-order valence-corrected chi connectivity index (χ2v) is 6.46. The molecule has 28 heavy (non-hydrogen) atoms. The van der Waals surface area contributed by atoms with E-state index in [-0.39, 0.29) is 22.4 Å². The molecule has 0 atom stereocenters. The van der Waals surface area contributed by atoms with Crippen molar-refractivity contribution in [3.05, 3.63) is 70.4 Å². The molecule has 0 fully saturated rings. The summed E-state index contributed by atoms with van der Waals surface area (Å²) in [4.78, 5) is 21.1. The first-order valence-electron chi connectivity index (χ1n) is 8.39. The summed E-state index contributed by atoms with van der Waals surface area (Å²) >= 11 is 6.00. The van der Waals surface area contributed by atoms with E-state index in [0.717, 1.165) is 0 Å². The number of amides is 1. The number of carbonyl (C=O) groups is 1. The first kappa shape index (κ1) is 19.6. The van der Waals surface area contributed by atoms with Crippen molar-refractivity contribution in [2.45, 2.75) is 13.8 Å². The van der Waals surface area contributed by atoms with Crippen LogP contribution in [-0.2, 0) is 0 Å². The van der Waals surface area contributed by atoms with Crippen LogP contribution >= 0.6 is 11.6 Å². The first-order valence-corrected chi connectivity index (χ1v) is 8.77. The number of hydrogen-bond donors (Lipinski definition) is 2. The lowest BCUT2D eigenvalue weighted by Gasteiger charge is -2.15. The van der Waals surface area contributed by atoms with Gasteiger partial charge in [-0.15, -0.1) is 0 Å². The standard InChI is InChI=1S/C20H18ClFN4O2/c1-11-8-13(22)4-5-15(11)25-17-9-18(21)23-10-14(17)20(27)26-16-6-7-19(28-3)24-12(16)2/h4-10H,1-3H3,(H,23,25)(H,26,27). The number of benzene rings is 1. The molecule has 3 aromatic rings. The summed E-state index contributed by atoms with van der Waals surface area (Å²) in [6.07, 6.45) is 1.38. The summed E-state index contributed by atoms with van der Waals surface area (Å²) in [5, 5.41) is 6.15. The number of aromatic nitrogens is 2. The lowest BCUT2D eigenvalue weighted by molar-refractivity contribution is 0.102. The molecule has 0 bridgehead atoms. The van der Waals surface area contributed by atoms with Crippen LogP contribution in [0.4, 0.5) is 21.5 Å². The fraction of sp³-hybridized carbons (Fsp3) is 0.150. The topological polar surface area (TPSA) is 76.1 Å². The molecule has 0 saturated carbocycles. The monoisotopic (exact) mass is 400 g/mol. The molecule has 2 N–H and O–H groups in total. The number of carbonyl (C=O) groups excluding carboxylic acids is 1. The van der Waals surface area contributed by atoms with Gasteiger partial charge in [0.1, 0.15) is 11.0 Å². The highest BCUT2D eigenvalue weighted by Gasteiger charge is 2.16. The van der Waals surface area contributed by atoms with Gasteiger partial charge < -0.3 is 15.4 Å². The summed E-state index contributed by atoms with van der Waals surface area (Å²) in [6.45, 7) is 3.53. The van der Waals surface area contributed by atoms with Gasteiger partial charge in [0.05, 0.1) is 29.7 Å². The molecule has 1 aromatic carbocycles. The first-order chi connectivity index (χ1) is 13.4. The predicted octanol–water partition coefficient (Wildman–Crippen LogP) is 4.89. The number of pyridine rings is 2. The number of anilines is 3. The van der Waals surface area contributed by atoms with E-state index in [0.29, 0.717) is 34.2 Å². The van der Waals surface area contributed by atoms with Crippen molar-refractivity contribution in [3.63, 3.8) is 0 Å². The molecule has 0 radical (unpaired) electrons. The fourth-order valence-corrected chi connectivity index (χ4v) is 2.76. The third kappa shape index (κ3) is 4.37. The highest BCUT2D eigenvalue weighted by Crippen LogP contribution is 2.27. The Morgan fingerprint density at radius 1 is 1.11 bits per heavy atom. The van der Waals surface area contributed by atoms with Gasteiger partial charge in [0, 0.05) is 18.0 Å². The van der Waals surface area contributed by atoms with Gasteiger partial charge in [0.25, 0.3) is 5.91 Å². The molecular formula is C20H18ClFN4O2. The Kier molecular flexibility index (Phi) is 5.75. The van der Waals surface area contributed by atoms with Gasteiger partial charge in [-0.2, -0.15) is 0 Å². The molecule has 8 heteroatoms. The van der Waals surface area contributed by atoms with Gasteiger partial charge in [0.2, 0.25) is 5.88 Å². The predicted molar refractivity (Wildman–Crippen MR) is 107 cm³/mol. The number of rotatable bonds is 5. The summed E-state index contributed by atoms with van der Waals surface area (Å²) in [7, 11) is 1.52. The van der Waals surface area contributed by atoms with Crippen LogP contribution in [0.25, 0.3) is 0 Å². The number of hydrogen-bond acceptors (Lipinski definition) is 5. The van der Waals surface area contributed by atoms with Crippen molar-refractivity contribution in [1.82, 2.24) is 9.97 Å². The van der Waals surface area contributed by atoms with Crippen molar-refractivity contribution in [3.8, 4) is 5.88 Å². The van der Waals surface area contributed by atoms with Crippen LogP contribution in [0.15, 0.2) is 42.6 Å². The molecule has 144 valence electrons. The number of nitrogens with zero attached hydrogens (tertiary/aromatic N) is 2. The lowest BCUT2D eigenvalue weighted by atomic mass is 10.1. The van der Waals surface area contributed by atoms with Crippen molar-refractivity contribution in [2.75, 3.05) is 17.7 Å². The molecule has 0 aliphatic carbocycles. The number of halogens is 2. The molecule has 0 aliphatic heterocycles. The maximum atomic E-state index is 13.4. The maximum Gasteiger partial charge on any atom is 0.259 e. The zero-order valence-corrected chi connectivity index (χ0v) is 16.3. The third-order valence-corrected chi connectivity index (χ3v) is 4.30. The molecule has 0 saturated heterocycles. The highest BCUT2D eigenvalue weighted by atomic mass is 35.5. The smallest absolute Gasteiger partial charge is 0.259 e. The van der Waals surface area contributed by atoms with E-state index in [1.165, 1.54) is 25.4 Å². The minimum absolute atomic E-state index is 0.223. The average molecular weight is 401 g/mol. The van der Waals surface area contributed by atoms with Crippen LogP contribution in [-0.4, -0.2) is 23.0 Å². The number of ether oxygens (including phenoxy) is 1. The van der Waals surface area contributed by atoms with Crippen LogP contribution in [0, 0.1) is 19.7 Å². The van der Waals surface area contributed by atoms with Crippen molar-refractivity contribution in [1.29, 1.82) is 0 Å². The Balaban J connectivity index is 1.90. The van der Waals surface area contributed by atoms with Crippen LogP contribution in [0.3, 0.4) is 0 Å². The van der Waals surface area contributed by atoms with Crippen LogP contribution in [0.1, 0.15) is 21.6 Å². The minimum Gasteiger partial charge on any atom is -0.481 e. The van der Waals surface area contributed by atoms with Gasteiger partial charge in [-0.3, -0.25) is 4.79 Å². The van der Waals surface area contributed by atoms with E-state index in [1.54, 1.807) is 38.1 Å². The Morgan fingerprint density at radius 2 is 1.86 bits per heavy atom. The molecule has 2 aromatic heterocycles. The Hall–Kier alpha value is -3.19. The number of aryl methyl sites for hydroxylation is 2. The summed E-state index contributed by atoms with van der Waals surface area (Å²) in [5.74, 6) is -0.268. The summed E-state index contributed by atoms with van der Waals surface area (Å²) < 4.78 is 18.4. The molecule has 6 nitrogen and oxygen atoms in total. The van der Waals surface area contributed by atoms with Crippen molar-refractivity contribution in [2.24, 2.45) is 0 Å². The van der Waals surface area contributed by atoms with E-state index >= 15 is 0 Å². The fourth-order valence-electron chi connectivity index (χ4n) is 2.60. The minimum atomic E-state index is -0.388. The molecule has 2 heterocycles. The van der Waals surface area contributed by atoms with Gasteiger partial charge in [-0.25, -0.2) is 14.4 Å². The summed E-state index contributed by atoms with van der Waals surface area (Å²) in [5.41, 5.74) is 3.23. The van der Waals surface area contributed by atoms with Crippen molar-refractivity contribution < 1.29 is 13.9 Å². The SMILES string of the molecule is COc1ccc(NC(=O)c2cnc(Cl)cc2Nc2ccc(F)cc2C)c(C)n1. The van der Waals surface area contributed by atoms with E-state index < -0.39 is 0 Å². The number of methoxy groups -OCH3 is 1. The van der Waals surface area contributed by atoms with Gasteiger partial charge >= 0.3 is 0 Å². The van der Waals surface area contributed by atoms with E-state index in [1.807, 2.05) is 0 Å². The largest absolute Gasteiger partial charge is 0.481 e. The highest BCUT2D eigenvalue weighted by molar-refractivity contribution is 6.30. The maximum absolute atomic E-state index is 13.4. The van der Waals surface area contributed by atoms with Gasteiger partial charge in [-0.05, 0) is 49.7 Å². The average Bonchev–Trinajstić information content (AvgIpc) is 2.65. The zero-order valence-electron chi connectivity index (χ0n) is 15.5. The molecule has 0 unspecified atom stereocenters. The van der Waals surface area contributed by atoms with Crippen molar-refractivity contribution >= 4 is 34.6 Å². The van der Waals surface area contributed by atoms with E-state index in [4.69, 9.17) is 16.3 Å². The second-order valence-electron chi connectivity index (χ2n) is 6.08. The zero-order chi connectivity index (χ0) is 20.3. The van der Waals surface area contributed by atoms with Crippen LogP contribution in [0.5, 0.6) is 5.88 Å². The molecular weight excluding hydrogens is 383 g/mol.